The zero-order valence-electron chi connectivity index (χ0n) is 11.8. The van der Waals surface area contributed by atoms with Gasteiger partial charge in [0.2, 0.25) is 0 Å². The lowest BCUT2D eigenvalue weighted by molar-refractivity contribution is -0.134. The summed E-state index contributed by atoms with van der Waals surface area (Å²) >= 11 is 0. The van der Waals surface area contributed by atoms with Crippen molar-refractivity contribution >= 4 is 23.4 Å². The van der Waals surface area contributed by atoms with Gasteiger partial charge in [0.25, 0.3) is 12.5 Å². The topological polar surface area (TPSA) is 29.5 Å². The quantitative estimate of drug-likeness (QED) is 0.775. The van der Waals surface area contributed by atoms with E-state index in [0.717, 1.165) is 30.3 Å². The van der Waals surface area contributed by atoms with E-state index in [9.17, 15) is 4.79 Å². The molecule has 2 saturated heterocycles. The van der Waals surface area contributed by atoms with Crippen molar-refractivity contribution in [2.24, 2.45) is 0 Å². The Kier molecular flexibility index (Phi) is 2.86. The lowest BCUT2D eigenvalue weighted by Gasteiger charge is -2.44. The predicted octanol–water partition coefficient (Wildman–Crippen LogP) is 1.26. The summed E-state index contributed by atoms with van der Waals surface area (Å²) in [6, 6.07) is 20.2. The molecule has 2 aliphatic heterocycles. The van der Waals surface area contributed by atoms with Crippen LogP contribution in [0.25, 0.3) is 0 Å². The second-order valence-corrected chi connectivity index (χ2v) is 5.90. The molecule has 3 nitrogen and oxygen atoms in total. The maximum Gasteiger partial charge on any atom is 0.296 e. The molecule has 2 fully saturated rings. The van der Waals surface area contributed by atoms with Gasteiger partial charge in [0, 0.05) is 0 Å². The third-order valence-corrected chi connectivity index (χ3v) is 4.82. The van der Waals surface area contributed by atoms with Crippen molar-refractivity contribution in [1.29, 1.82) is 0 Å². The van der Waals surface area contributed by atoms with Crippen LogP contribution < -0.4 is 10.9 Å². The average Bonchev–Trinajstić information content (AvgIpc) is 3.13. The van der Waals surface area contributed by atoms with Crippen LogP contribution in [0.4, 0.5) is 0 Å². The molecule has 2 aromatic rings. The van der Waals surface area contributed by atoms with Crippen LogP contribution >= 0.6 is 0 Å². The minimum Gasteiger partial charge on any atom is -0.667 e. The zero-order valence-corrected chi connectivity index (χ0v) is 11.8. The van der Waals surface area contributed by atoms with E-state index in [1.165, 1.54) is 0 Å². The Morgan fingerprint density at radius 2 is 1.52 bits per heavy atom. The van der Waals surface area contributed by atoms with Crippen LogP contribution in [0, 0.1) is 0 Å². The third kappa shape index (κ3) is 1.76. The van der Waals surface area contributed by atoms with Gasteiger partial charge in [-0.25, -0.2) is 0 Å². The fourth-order valence-electron chi connectivity index (χ4n) is 3.93. The van der Waals surface area contributed by atoms with E-state index < -0.39 is 6.48 Å². The number of hydrogen-bond donors (Lipinski definition) is 0. The zero-order chi connectivity index (χ0) is 14.3. The number of hydrogen-bond acceptors (Lipinski definition) is 3. The van der Waals surface area contributed by atoms with Crippen LogP contribution in [0.3, 0.4) is 0 Å². The van der Waals surface area contributed by atoms with E-state index in [4.69, 9.17) is 4.65 Å². The SMILES string of the molecule is O=C1O[B-](c2ccccc2)(c2ccccc2)N2CCCC12. The number of benzene rings is 2. The van der Waals surface area contributed by atoms with Gasteiger partial charge in [0.1, 0.15) is 0 Å². The van der Waals surface area contributed by atoms with Crippen molar-refractivity contribution in [3.05, 3.63) is 60.7 Å². The first-order chi connectivity index (χ1) is 10.3. The molecule has 4 rings (SSSR count). The molecule has 1 unspecified atom stereocenters. The lowest BCUT2D eigenvalue weighted by atomic mass is 9.41. The molecule has 4 heteroatoms. The molecule has 1 atom stereocenters. The van der Waals surface area contributed by atoms with Crippen molar-refractivity contribution in [1.82, 2.24) is 4.81 Å². The number of fused-ring (bicyclic) bond motifs is 1. The first-order valence-corrected chi connectivity index (χ1v) is 7.57. The van der Waals surface area contributed by atoms with Crippen molar-refractivity contribution < 1.29 is 9.45 Å². The van der Waals surface area contributed by atoms with Crippen molar-refractivity contribution in [2.75, 3.05) is 6.54 Å². The molecule has 0 amide bonds. The van der Waals surface area contributed by atoms with Gasteiger partial charge in [-0.2, -0.15) is 0 Å². The van der Waals surface area contributed by atoms with E-state index in [2.05, 4.69) is 29.1 Å². The highest BCUT2D eigenvalue weighted by molar-refractivity contribution is 6.97. The molecule has 2 aromatic carbocycles. The summed E-state index contributed by atoms with van der Waals surface area (Å²) in [7, 11) is 0. The molecular weight excluding hydrogens is 261 g/mol. The van der Waals surface area contributed by atoms with Gasteiger partial charge in [0.15, 0.2) is 0 Å². The molecule has 0 saturated carbocycles. The molecule has 106 valence electrons. The van der Waals surface area contributed by atoms with Gasteiger partial charge in [0.05, 0.1) is 6.04 Å². The van der Waals surface area contributed by atoms with Gasteiger partial charge >= 0.3 is 0 Å². The summed E-state index contributed by atoms with van der Waals surface area (Å²) in [6.45, 7) is -0.670. The minimum absolute atomic E-state index is 0.0693. The monoisotopic (exact) mass is 278 g/mol. The molecule has 21 heavy (non-hydrogen) atoms. The Bertz CT molecular complexity index is 620. The van der Waals surface area contributed by atoms with Crippen LogP contribution in [-0.4, -0.2) is 29.9 Å². The fourth-order valence-corrected chi connectivity index (χ4v) is 3.93. The highest BCUT2D eigenvalue weighted by Crippen LogP contribution is 2.32. The maximum atomic E-state index is 12.4. The van der Waals surface area contributed by atoms with Crippen molar-refractivity contribution in [3.63, 3.8) is 0 Å². The Morgan fingerprint density at radius 3 is 2.10 bits per heavy atom. The standard InChI is InChI=1S/C17H17BNO2/c20-17-16-12-7-13-19(16)18(21-17,14-8-3-1-4-9-14)15-10-5-2-6-11-15/h1-6,8-11,16H,7,12-13H2/q-1. The second-order valence-electron chi connectivity index (χ2n) is 5.90. The molecule has 0 N–H and O–H groups in total. The van der Waals surface area contributed by atoms with E-state index in [1.54, 1.807) is 0 Å². The molecule has 2 aliphatic rings. The largest absolute Gasteiger partial charge is 0.667 e. The van der Waals surface area contributed by atoms with E-state index in [0.29, 0.717) is 0 Å². The summed E-state index contributed by atoms with van der Waals surface area (Å²) in [5, 5.41) is 0. The molecule has 0 aromatic heterocycles. The minimum atomic E-state index is -1.59. The molecule has 0 bridgehead atoms. The number of carbonyl (C=O) groups is 1. The smallest absolute Gasteiger partial charge is 0.296 e. The highest BCUT2D eigenvalue weighted by Gasteiger charge is 2.51. The Labute approximate surface area is 124 Å². The third-order valence-electron chi connectivity index (χ3n) is 4.82. The van der Waals surface area contributed by atoms with Gasteiger partial charge in [-0.1, -0.05) is 60.7 Å². The van der Waals surface area contributed by atoms with E-state index >= 15 is 0 Å². The Hall–Kier alpha value is -2.07. The van der Waals surface area contributed by atoms with Gasteiger partial charge in [-0.3, -0.25) is 4.79 Å². The van der Waals surface area contributed by atoms with E-state index in [-0.39, 0.29) is 12.0 Å². The van der Waals surface area contributed by atoms with Gasteiger partial charge < -0.3 is 9.47 Å². The van der Waals surface area contributed by atoms with Crippen LogP contribution in [0.1, 0.15) is 12.8 Å². The van der Waals surface area contributed by atoms with Crippen LogP contribution in [0.2, 0.25) is 0 Å². The summed E-state index contributed by atoms with van der Waals surface area (Å²) in [4.78, 5) is 14.7. The maximum absolute atomic E-state index is 12.4. The summed E-state index contributed by atoms with van der Waals surface area (Å²) in [5.41, 5.74) is 2.17. The molecular formula is C17H17BNO2-. The molecule has 0 spiro atoms. The van der Waals surface area contributed by atoms with Gasteiger partial charge in [-0.15, -0.1) is 10.9 Å². The number of carbonyl (C=O) groups excluding carboxylic acids is 1. The summed E-state index contributed by atoms with van der Waals surface area (Å²) in [6.07, 6.45) is 1.96. The van der Waals surface area contributed by atoms with Crippen LogP contribution in [0.15, 0.2) is 60.7 Å². The lowest BCUT2D eigenvalue weighted by Crippen LogP contribution is -2.68. The average molecular weight is 278 g/mol. The normalized spacial score (nSPS) is 23.8. The van der Waals surface area contributed by atoms with Crippen molar-refractivity contribution in [2.45, 2.75) is 18.9 Å². The van der Waals surface area contributed by atoms with E-state index in [1.807, 2.05) is 36.4 Å². The summed E-state index contributed by atoms with van der Waals surface area (Å²) in [5.74, 6) is -0.0693. The first-order valence-electron chi connectivity index (χ1n) is 7.57. The molecule has 0 radical (unpaired) electrons. The fraction of sp³-hybridized carbons (Fsp3) is 0.235. The number of nitrogens with zero attached hydrogens (tertiary/aromatic N) is 1. The number of rotatable bonds is 2. The second kappa shape index (κ2) is 4.74. The van der Waals surface area contributed by atoms with Crippen LogP contribution in [0.5, 0.6) is 0 Å². The summed E-state index contributed by atoms with van der Waals surface area (Å²) < 4.78 is 6.04. The Morgan fingerprint density at radius 1 is 0.952 bits per heavy atom. The Balaban J connectivity index is 1.94. The highest BCUT2D eigenvalue weighted by atomic mass is 16.5. The van der Waals surface area contributed by atoms with Crippen LogP contribution in [-0.2, 0) is 9.45 Å². The van der Waals surface area contributed by atoms with Gasteiger partial charge in [-0.05, 0) is 19.4 Å². The molecule has 2 heterocycles. The van der Waals surface area contributed by atoms with Crippen molar-refractivity contribution in [3.8, 4) is 0 Å². The first kappa shape index (κ1) is 12.7. The molecule has 0 aliphatic carbocycles. The predicted molar refractivity (Wildman–Crippen MR) is 83.7 cm³/mol.